The largest absolute Gasteiger partial charge is 0.380 e. The van der Waals surface area contributed by atoms with Gasteiger partial charge in [0.25, 0.3) is 0 Å². The summed E-state index contributed by atoms with van der Waals surface area (Å²) in [4.78, 5) is 17.2. The molecule has 0 aromatic heterocycles. The van der Waals surface area contributed by atoms with Gasteiger partial charge in [0.05, 0.1) is 12.6 Å². The number of carbonyl (C=O) groups is 1. The molecular weight excluding hydrogens is 308 g/mol. The molecule has 3 rings (SSSR count). The fourth-order valence-corrected chi connectivity index (χ4v) is 4.33. The Morgan fingerprint density at radius 3 is 2.57 bits per heavy atom. The van der Waals surface area contributed by atoms with Crippen LogP contribution in [0.3, 0.4) is 0 Å². The van der Waals surface area contributed by atoms with Crippen molar-refractivity contribution in [3.05, 3.63) is 35.4 Å². The number of hydrogen-bond acceptors (Lipinski definition) is 4. The Labute approximate surface area is 143 Å². The van der Waals surface area contributed by atoms with Gasteiger partial charge in [0.15, 0.2) is 0 Å². The molecule has 0 N–H and O–H groups in total. The number of hydrogen-bond donors (Lipinski definition) is 0. The minimum atomic E-state index is 0.0803. The Morgan fingerprint density at radius 1 is 1.17 bits per heavy atom. The van der Waals surface area contributed by atoms with Crippen molar-refractivity contribution in [2.24, 2.45) is 0 Å². The first-order valence-corrected chi connectivity index (χ1v) is 9.61. The molecule has 2 heterocycles. The van der Waals surface area contributed by atoms with Crippen LogP contribution in [0.4, 0.5) is 0 Å². The van der Waals surface area contributed by atoms with E-state index in [0.717, 1.165) is 50.5 Å². The third-order valence-corrected chi connectivity index (χ3v) is 5.63. The van der Waals surface area contributed by atoms with Gasteiger partial charge in [-0.15, -0.1) is 0 Å². The van der Waals surface area contributed by atoms with Crippen LogP contribution in [0.1, 0.15) is 24.0 Å². The number of carbonyl (C=O) groups excluding carboxylic acids is 1. The van der Waals surface area contributed by atoms with E-state index in [1.165, 1.54) is 11.1 Å². The number of likely N-dealkylation sites (tertiary alicyclic amines) is 1. The van der Waals surface area contributed by atoms with Crippen LogP contribution in [0.25, 0.3) is 0 Å². The lowest BCUT2D eigenvalue weighted by atomic mass is 10.1. The van der Waals surface area contributed by atoms with E-state index in [1.807, 2.05) is 11.8 Å². The third kappa shape index (κ3) is 4.28. The summed E-state index contributed by atoms with van der Waals surface area (Å²) in [6, 6.07) is 8.63. The molecule has 2 aliphatic heterocycles. The van der Waals surface area contributed by atoms with Crippen LogP contribution in [0.5, 0.6) is 0 Å². The number of nitrogens with zero attached hydrogens (tertiary/aromatic N) is 2. The number of rotatable bonds is 5. The Kier molecular flexibility index (Phi) is 5.97. The van der Waals surface area contributed by atoms with Crippen molar-refractivity contribution in [1.82, 2.24) is 9.80 Å². The van der Waals surface area contributed by atoms with Crippen molar-refractivity contribution >= 4 is 17.7 Å². The second-order valence-electron chi connectivity index (χ2n) is 6.32. The molecule has 1 aromatic rings. The van der Waals surface area contributed by atoms with Gasteiger partial charge in [0.2, 0.25) is 5.91 Å². The van der Waals surface area contributed by atoms with Gasteiger partial charge in [0, 0.05) is 38.2 Å². The topological polar surface area (TPSA) is 32.8 Å². The molecule has 0 spiro atoms. The van der Waals surface area contributed by atoms with Crippen molar-refractivity contribution in [1.29, 1.82) is 0 Å². The summed E-state index contributed by atoms with van der Waals surface area (Å²) in [5.74, 6) is 2.51. The zero-order valence-corrected chi connectivity index (χ0v) is 14.7. The second kappa shape index (κ2) is 8.18. The van der Waals surface area contributed by atoms with Crippen LogP contribution >= 0.6 is 11.8 Å². The predicted molar refractivity (Wildman–Crippen MR) is 94.5 cm³/mol. The molecule has 1 aromatic carbocycles. The number of benzene rings is 1. The summed E-state index contributed by atoms with van der Waals surface area (Å²) in [6.45, 7) is 4.38. The molecule has 23 heavy (non-hydrogen) atoms. The van der Waals surface area contributed by atoms with E-state index in [0.29, 0.717) is 12.5 Å². The lowest BCUT2D eigenvalue weighted by molar-refractivity contribution is -0.135. The number of ether oxygens (including phenoxy) is 1. The van der Waals surface area contributed by atoms with Crippen molar-refractivity contribution < 1.29 is 9.53 Å². The highest BCUT2D eigenvalue weighted by Gasteiger charge is 2.33. The van der Waals surface area contributed by atoms with Gasteiger partial charge in [0.1, 0.15) is 0 Å². The van der Waals surface area contributed by atoms with Crippen LogP contribution in [-0.4, -0.2) is 60.0 Å². The van der Waals surface area contributed by atoms with Gasteiger partial charge in [-0.2, -0.15) is 11.8 Å². The first kappa shape index (κ1) is 16.8. The van der Waals surface area contributed by atoms with Gasteiger partial charge in [-0.25, -0.2) is 0 Å². The zero-order valence-electron chi connectivity index (χ0n) is 13.9. The van der Waals surface area contributed by atoms with Gasteiger partial charge >= 0.3 is 0 Å². The van der Waals surface area contributed by atoms with E-state index in [4.69, 9.17) is 4.74 Å². The molecule has 0 radical (unpaired) electrons. The molecule has 2 aliphatic rings. The maximum Gasteiger partial charge on any atom is 0.239 e. The number of methoxy groups -OCH3 is 1. The summed E-state index contributed by atoms with van der Waals surface area (Å²) >= 11 is 1.95. The number of thioether (sulfide) groups is 1. The van der Waals surface area contributed by atoms with Crippen LogP contribution in [0.2, 0.25) is 0 Å². The number of amides is 1. The highest BCUT2D eigenvalue weighted by atomic mass is 32.2. The van der Waals surface area contributed by atoms with Crippen molar-refractivity contribution in [3.63, 3.8) is 0 Å². The molecule has 0 saturated carbocycles. The molecule has 4 nitrogen and oxygen atoms in total. The standard InChI is InChI=1S/C18H26N2O2S/c1-22-14-16-6-4-15(5-7-16)13-20-8-2-3-17(20)18(21)19-9-11-23-12-10-19/h4-7,17H,2-3,8-14H2,1H3. The SMILES string of the molecule is COCc1ccc(CN2CCCC2C(=O)N2CCSCC2)cc1. The van der Waals surface area contributed by atoms with E-state index in [-0.39, 0.29) is 6.04 Å². The summed E-state index contributed by atoms with van der Waals surface area (Å²) < 4.78 is 5.15. The van der Waals surface area contributed by atoms with E-state index in [1.54, 1.807) is 7.11 Å². The van der Waals surface area contributed by atoms with Crippen molar-refractivity contribution in [3.8, 4) is 0 Å². The second-order valence-corrected chi connectivity index (χ2v) is 7.54. The van der Waals surface area contributed by atoms with Crippen molar-refractivity contribution in [2.45, 2.75) is 32.0 Å². The molecular formula is C18H26N2O2S. The maximum absolute atomic E-state index is 12.8. The van der Waals surface area contributed by atoms with E-state index in [9.17, 15) is 4.79 Å². The van der Waals surface area contributed by atoms with Crippen LogP contribution < -0.4 is 0 Å². The lowest BCUT2D eigenvalue weighted by Gasteiger charge is -2.32. The maximum atomic E-state index is 12.8. The van der Waals surface area contributed by atoms with E-state index in [2.05, 4.69) is 34.1 Å². The Hall–Kier alpha value is -1.04. The van der Waals surface area contributed by atoms with Gasteiger partial charge in [-0.3, -0.25) is 9.69 Å². The molecule has 2 saturated heterocycles. The molecule has 1 atom stereocenters. The summed E-state index contributed by atoms with van der Waals surface area (Å²) in [5.41, 5.74) is 2.47. The van der Waals surface area contributed by atoms with Crippen LogP contribution in [0, 0.1) is 0 Å². The Bertz CT molecular complexity index is 514. The predicted octanol–water partition coefficient (Wildman–Crippen LogP) is 2.37. The lowest BCUT2D eigenvalue weighted by Crippen LogP contribution is -2.48. The third-order valence-electron chi connectivity index (χ3n) is 4.69. The summed E-state index contributed by atoms with van der Waals surface area (Å²) in [5, 5.41) is 0. The first-order chi connectivity index (χ1) is 11.3. The molecule has 0 aliphatic carbocycles. The molecule has 1 amide bonds. The normalized spacial score (nSPS) is 22.5. The molecule has 2 fully saturated rings. The molecule has 0 bridgehead atoms. The molecule has 5 heteroatoms. The molecule has 126 valence electrons. The average molecular weight is 334 g/mol. The fraction of sp³-hybridized carbons (Fsp3) is 0.611. The van der Waals surface area contributed by atoms with Gasteiger partial charge < -0.3 is 9.64 Å². The Morgan fingerprint density at radius 2 is 1.87 bits per heavy atom. The monoisotopic (exact) mass is 334 g/mol. The summed E-state index contributed by atoms with van der Waals surface area (Å²) in [6.07, 6.45) is 2.13. The highest BCUT2D eigenvalue weighted by Crippen LogP contribution is 2.23. The zero-order chi connectivity index (χ0) is 16.1. The molecule has 1 unspecified atom stereocenters. The van der Waals surface area contributed by atoms with Crippen molar-refractivity contribution in [2.75, 3.05) is 38.2 Å². The fourth-order valence-electron chi connectivity index (χ4n) is 3.43. The quantitative estimate of drug-likeness (QED) is 0.828. The highest BCUT2D eigenvalue weighted by molar-refractivity contribution is 7.99. The van der Waals surface area contributed by atoms with Gasteiger partial charge in [-0.1, -0.05) is 24.3 Å². The van der Waals surface area contributed by atoms with Crippen LogP contribution in [0.15, 0.2) is 24.3 Å². The first-order valence-electron chi connectivity index (χ1n) is 8.45. The minimum absolute atomic E-state index is 0.0803. The smallest absolute Gasteiger partial charge is 0.239 e. The summed E-state index contributed by atoms with van der Waals surface area (Å²) in [7, 11) is 1.72. The average Bonchev–Trinajstić information content (AvgIpc) is 3.05. The van der Waals surface area contributed by atoms with E-state index >= 15 is 0 Å². The Balaban J connectivity index is 1.60. The minimum Gasteiger partial charge on any atom is -0.380 e. The van der Waals surface area contributed by atoms with Gasteiger partial charge in [-0.05, 0) is 30.5 Å². The van der Waals surface area contributed by atoms with Crippen LogP contribution in [-0.2, 0) is 22.7 Å². The van der Waals surface area contributed by atoms with E-state index < -0.39 is 0 Å².